The van der Waals surface area contributed by atoms with Gasteiger partial charge in [-0.25, -0.2) is 13.8 Å². The van der Waals surface area contributed by atoms with E-state index in [2.05, 4.69) is 4.98 Å². The van der Waals surface area contributed by atoms with Gasteiger partial charge < -0.3 is 9.84 Å². The molecular weight excluding hydrogens is 296 g/mol. The van der Waals surface area contributed by atoms with E-state index in [0.717, 1.165) is 22.3 Å². The fraction of sp³-hybridized carbons (Fsp3) is 0.133. The molecule has 0 atom stereocenters. The van der Waals surface area contributed by atoms with Crippen LogP contribution in [-0.4, -0.2) is 10.1 Å². The molecule has 108 valence electrons. The lowest BCUT2D eigenvalue weighted by molar-refractivity contribution is 0.266. The van der Waals surface area contributed by atoms with Crippen molar-refractivity contribution in [2.45, 2.75) is 13.2 Å². The molecule has 2 aromatic carbocycles. The van der Waals surface area contributed by atoms with Crippen LogP contribution in [0.1, 0.15) is 10.6 Å². The molecule has 0 saturated heterocycles. The van der Waals surface area contributed by atoms with Crippen molar-refractivity contribution in [3.63, 3.8) is 0 Å². The molecule has 3 nitrogen and oxygen atoms in total. The van der Waals surface area contributed by atoms with E-state index < -0.39 is 24.0 Å². The van der Waals surface area contributed by atoms with Gasteiger partial charge in [0.2, 0.25) is 0 Å². The monoisotopic (exact) mass is 307 g/mol. The van der Waals surface area contributed by atoms with Crippen LogP contribution >= 0.6 is 11.3 Å². The first kappa shape index (κ1) is 13.9. The quantitative estimate of drug-likeness (QED) is 0.800. The van der Waals surface area contributed by atoms with Crippen LogP contribution in [0.15, 0.2) is 36.4 Å². The smallest absolute Gasteiger partial charge is 0.191 e. The Morgan fingerprint density at radius 2 is 1.86 bits per heavy atom. The van der Waals surface area contributed by atoms with Gasteiger partial charge in [0.05, 0.1) is 16.8 Å². The Balaban J connectivity index is 1.81. The molecule has 0 fully saturated rings. The number of hydrogen-bond donors (Lipinski definition) is 1. The second-order valence-electron chi connectivity index (χ2n) is 4.41. The minimum Gasteiger partial charge on any atom is -0.480 e. The number of para-hydroxylation sites is 1. The highest BCUT2D eigenvalue weighted by molar-refractivity contribution is 7.18. The molecule has 0 aliphatic carbocycles. The second kappa shape index (κ2) is 5.75. The topological polar surface area (TPSA) is 42.4 Å². The molecule has 1 aromatic heterocycles. The van der Waals surface area contributed by atoms with E-state index in [1.807, 2.05) is 24.3 Å². The van der Waals surface area contributed by atoms with Crippen LogP contribution in [0.5, 0.6) is 5.75 Å². The van der Waals surface area contributed by atoms with Gasteiger partial charge in [0.1, 0.15) is 11.6 Å². The van der Waals surface area contributed by atoms with Gasteiger partial charge in [-0.05, 0) is 29.8 Å². The zero-order valence-corrected chi connectivity index (χ0v) is 11.7. The molecule has 3 aromatic rings. The van der Waals surface area contributed by atoms with Gasteiger partial charge in [-0.3, -0.25) is 0 Å². The average Bonchev–Trinajstić information content (AvgIpc) is 2.88. The largest absolute Gasteiger partial charge is 0.480 e. The van der Waals surface area contributed by atoms with Gasteiger partial charge in [0.15, 0.2) is 17.4 Å². The summed E-state index contributed by atoms with van der Waals surface area (Å²) in [6, 6.07) is 9.67. The molecule has 0 amide bonds. The molecule has 1 N–H and O–H groups in total. The number of benzene rings is 2. The van der Waals surface area contributed by atoms with Crippen LogP contribution in [0.2, 0.25) is 0 Å². The molecule has 3 rings (SSSR count). The van der Waals surface area contributed by atoms with Crippen LogP contribution in [-0.2, 0) is 13.2 Å². The van der Waals surface area contributed by atoms with Crippen molar-refractivity contribution >= 4 is 21.6 Å². The van der Waals surface area contributed by atoms with Crippen LogP contribution in [0.4, 0.5) is 8.78 Å². The number of halogens is 2. The Labute approximate surface area is 123 Å². The van der Waals surface area contributed by atoms with Crippen molar-refractivity contribution in [2.24, 2.45) is 0 Å². The summed E-state index contributed by atoms with van der Waals surface area (Å²) in [6.07, 6.45) is 0. The van der Waals surface area contributed by atoms with Crippen molar-refractivity contribution in [1.29, 1.82) is 0 Å². The lowest BCUT2D eigenvalue weighted by Crippen LogP contribution is -2.01. The summed E-state index contributed by atoms with van der Waals surface area (Å²) >= 11 is 1.41. The zero-order chi connectivity index (χ0) is 14.8. The summed E-state index contributed by atoms with van der Waals surface area (Å²) in [5.41, 5.74) is 0.995. The Morgan fingerprint density at radius 1 is 1.14 bits per heavy atom. The fourth-order valence-electron chi connectivity index (χ4n) is 1.96. The van der Waals surface area contributed by atoms with Gasteiger partial charge in [0, 0.05) is 0 Å². The number of nitrogens with zero attached hydrogens (tertiary/aromatic N) is 1. The number of thiazole rings is 1. The molecule has 0 spiro atoms. The molecule has 0 aliphatic rings. The molecule has 1 heterocycles. The fourth-order valence-corrected chi connectivity index (χ4v) is 2.84. The van der Waals surface area contributed by atoms with E-state index in [1.165, 1.54) is 11.3 Å². The molecule has 0 radical (unpaired) electrons. The third-order valence-corrected chi connectivity index (χ3v) is 3.93. The highest BCUT2D eigenvalue weighted by atomic mass is 32.1. The first-order valence-corrected chi connectivity index (χ1v) is 7.05. The first-order valence-electron chi connectivity index (χ1n) is 6.23. The molecule has 0 unspecified atom stereocenters. The maximum atomic E-state index is 13.7. The third kappa shape index (κ3) is 2.86. The number of hydrogen-bond acceptors (Lipinski definition) is 4. The minimum atomic E-state index is -0.833. The lowest BCUT2D eigenvalue weighted by Gasteiger charge is -2.08. The van der Waals surface area contributed by atoms with Crippen molar-refractivity contribution < 1.29 is 18.6 Å². The standard InChI is InChI=1S/C15H11F2NO2S/c16-10-5-9(7-19)6-11(17)15(10)20-8-14-18-12-3-1-2-4-13(12)21-14/h1-6,19H,7-8H2. The number of aromatic nitrogens is 1. The van der Waals surface area contributed by atoms with Crippen LogP contribution in [0, 0.1) is 11.6 Å². The van der Waals surface area contributed by atoms with E-state index in [4.69, 9.17) is 9.84 Å². The van der Waals surface area contributed by atoms with E-state index in [1.54, 1.807) is 0 Å². The van der Waals surface area contributed by atoms with Gasteiger partial charge in [-0.15, -0.1) is 11.3 Å². The maximum Gasteiger partial charge on any atom is 0.191 e. The average molecular weight is 307 g/mol. The van der Waals surface area contributed by atoms with E-state index in [-0.39, 0.29) is 12.2 Å². The molecular formula is C15H11F2NO2S. The maximum absolute atomic E-state index is 13.7. The summed E-state index contributed by atoms with van der Waals surface area (Å²) in [4.78, 5) is 4.33. The molecule has 21 heavy (non-hydrogen) atoms. The first-order chi connectivity index (χ1) is 10.2. The molecule has 0 bridgehead atoms. The van der Waals surface area contributed by atoms with Gasteiger partial charge in [-0.1, -0.05) is 12.1 Å². The normalized spacial score (nSPS) is 11.0. The SMILES string of the molecule is OCc1cc(F)c(OCc2nc3ccccc3s2)c(F)c1. The van der Waals surface area contributed by atoms with Crippen molar-refractivity contribution in [2.75, 3.05) is 0 Å². The minimum absolute atomic E-state index is 0.00828. The summed E-state index contributed by atoms with van der Waals surface area (Å²) in [7, 11) is 0. The zero-order valence-electron chi connectivity index (χ0n) is 10.8. The highest BCUT2D eigenvalue weighted by Gasteiger charge is 2.13. The van der Waals surface area contributed by atoms with Crippen molar-refractivity contribution in [1.82, 2.24) is 4.98 Å². The van der Waals surface area contributed by atoms with Crippen molar-refractivity contribution in [3.05, 3.63) is 58.6 Å². The summed E-state index contributed by atoms with van der Waals surface area (Å²) in [6.45, 7) is -0.433. The van der Waals surface area contributed by atoms with Gasteiger partial charge >= 0.3 is 0 Å². The van der Waals surface area contributed by atoms with Crippen LogP contribution < -0.4 is 4.74 Å². The summed E-state index contributed by atoms with van der Waals surface area (Å²) in [5.74, 6) is -2.12. The van der Waals surface area contributed by atoms with Crippen LogP contribution in [0.25, 0.3) is 10.2 Å². The Morgan fingerprint density at radius 3 is 2.52 bits per heavy atom. The predicted molar refractivity (Wildman–Crippen MR) is 76.2 cm³/mol. The highest BCUT2D eigenvalue weighted by Crippen LogP contribution is 2.26. The molecule has 0 aliphatic heterocycles. The van der Waals surface area contributed by atoms with Gasteiger partial charge in [0.25, 0.3) is 0 Å². The van der Waals surface area contributed by atoms with E-state index in [0.29, 0.717) is 5.01 Å². The number of aliphatic hydroxyl groups is 1. The number of aliphatic hydroxyl groups excluding tert-OH is 1. The number of ether oxygens (including phenoxy) is 1. The Bertz CT molecular complexity index is 732. The third-order valence-electron chi connectivity index (χ3n) is 2.92. The Hall–Kier alpha value is -2.05. The predicted octanol–water partition coefficient (Wildman–Crippen LogP) is 3.65. The van der Waals surface area contributed by atoms with E-state index >= 15 is 0 Å². The van der Waals surface area contributed by atoms with Crippen LogP contribution in [0.3, 0.4) is 0 Å². The van der Waals surface area contributed by atoms with Gasteiger partial charge in [-0.2, -0.15) is 0 Å². The molecule has 6 heteroatoms. The second-order valence-corrected chi connectivity index (χ2v) is 5.53. The number of fused-ring (bicyclic) bond motifs is 1. The summed E-state index contributed by atoms with van der Waals surface area (Å²) in [5, 5.41) is 9.52. The summed E-state index contributed by atoms with van der Waals surface area (Å²) < 4.78 is 33.6. The number of rotatable bonds is 4. The Kier molecular flexibility index (Phi) is 3.81. The van der Waals surface area contributed by atoms with Crippen molar-refractivity contribution in [3.8, 4) is 5.75 Å². The van der Waals surface area contributed by atoms with E-state index in [9.17, 15) is 8.78 Å². The molecule has 0 saturated carbocycles. The lowest BCUT2D eigenvalue weighted by atomic mass is 10.2.